The minimum atomic E-state index is -0.739. The minimum Gasteiger partial charge on any atom is -0.480 e. The second kappa shape index (κ2) is 6.05. The number of carboxylic acid groups (broad SMARTS) is 1. The number of hydrogen-bond donors (Lipinski definition) is 1. The molecule has 6 nitrogen and oxygen atoms in total. The van der Waals surface area contributed by atoms with Crippen molar-refractivity contribution in [1.29, 1.82) is 0 Å². The molecule has 23 heavy (non-hydrogen) atoms. The van der Waals surface area contributed by atoms with E-state index in [2.05, 4.69) is 15.0 Å². The lowest BCUT2D eigenvalue weighted by molar-refractivity contribution is -0.143. The summed E-state index contributed by atoms with van der Waals surface area (Å²) in [5.41, 5.74) is 0. The van der Waals surface area contributed by atoms with E-state index in [0.29, 0.717) is 30.2 Å². The molecular weight excluding hydrogens is 314 g/mol. The van der Waals surface area contributed by atoms with Crippen molar-refractivity contribution in [1.82, 2.24) is 15.0 Å². The highest BCUT2D eigenvalue weighted by atomic mass is 32.1. The SMILES string of the molecule is O=C(O)[C@@H]1C[C@H]2CCCC[C@H]2N1Cc1nc(-c2cccs2)no1. The monoisotopic (exact) mass is 333 g/mol. The molecular formula is C16H19N3O3S. The number of fused-ring (bicyclic) bond motifs is 1. The minimum absolute atomic E-state index is 0.335. The van der Waals surface area contributed by atoms with Crippen LogP contribution >= 0.6 is 11.3 Å². The fourth-order valence-electron chi connectivity index (χ4n) is 4.00. The predicted molar refractivity (Wildman–Crippen MR) is 84.9 cm³/mol. The molecule has 0 spiro atoms. The zero-order chi connectivity index (χ0) is 15.8. The van der Waals surface area contributed by atoms with Gasteiger partial charge in [-0.05, 0) is 36.6 Å². The highest BCUT2D eigenvalue weighted by Gasteiger charge is 2.45. The quantitative estimate of drug-likeness (QED) is 0.926. The molecule has 2 fully saturated rings. The van der Waals surface area contributed by atoms with Crippen LogP contribution in [0, 0.1) is 5.92 Å². The largest absolute Gasteiger partial charge is 0.480 e. The number of rotatable bonds is 4. The van der Waals surface area contributed by atoms with Gasteiger partial charge in [0.15, 0.2) is 0 Å². The Kier molecular flexibility index (Phi) is 3.90. The van der Waals surface area contributed by atoms with Gasteiger partial charge >= 0.3 is 5.97 Å². The maximum Gasteiger partial charge on any atom is 0.320 e. The second-order valence-corrected chi connectivity index (χ2v) is 7.31. The van der Waals surface area contributed by atoms with Gasteiger partial charge < -0.3 is 9.63 Å². The van der Waals surface area contributed by atoms with Crippen molar-refractivity contribution in [3.05, 3.63) is 23.4 Å². The summed E-state index contributed by atoms with van der Waals surface area (Å²) in [4.78, 5) is 19.1. The second-order valence-electron chi connectivity index (χ2n) is 6.36. The Hall–Kier alpha value is -1.73. The summed E-state index contributed by atoms with van der Waals surface area (Å²) in [5, 5.41) is 15.6. The van der Waals surface area contributed by atoms with Crippen molar-refractivity contribution < 1.29 is 14.4 Å². The zero-order valence-electron chi connectivity index (χ0n) is 12.7. The molecule has 1 aliphatic heterocycles. The fourth-order valence-corrected chi connectivity index (χ4v) is 4.65. The molecule has 1 saturated carbocycles. The van der Waals surface area contributed by atoms with Crippen molar-refractivity contribution in [2.24, 2.45) is 5.92 Å². The Morgan fingerprint density at radius 1 is 1.43 bits per heavy atom. The van der Waals surface area contributed by atoms with Gasteiger partial charge in [-0.2, -0.15) is 4.98 Å². The standard InChI is InChI=1S/C16H19N3O3S/c20-16(21)12-8-10-4-1-2-5-11(10)19(12)9-14-17-15(18-22-14)13-6-3-7-23-13/h3,6-7,10-12H,1-2,4-5,8-9H2,(H,20,21)/t10-,11-,12+/m1/s1. The summed E-state index contributed by atoms with van der Waals surface area (Å²) in [6.07, 6.45) is 5.33. The smallest absolute Gasteiger partial charge is 0.320 e. The fraction of sp³-hybridized carbons (Fsp3) is 0.562. The highest BCUT2D eigenvalue weighted by molar-refractivity contribution is 7.13. The Labute approximate surface area is 138 Å². The summed E-state index contributed by atoms with van der Waals surface area (Å²) < 4.78 is 5.37. The zero-order valence-corrected chi connectivity index (χ0v) is 13.5. The van der Waals surface area contributed by atoms with Crippen LogP contribution in [0.1, 0.15) is 38.0 Å². The van der Waals surface area contributed by atoms with Crippen LogP contribution in [0.3, 0.4) is 0 Å². The van der Waals surface area contributed by atoms with Gasteiger partial charge in [-0.3, -0.25) is 9.69 Å². The van der Waals surface area contributed by atoms with Crippen LogP contribution < -0.4 is 0 Å². The van der Waals surface area contributed by atoms with Gasteiger partial charge in [0, 0.05) is 6.04 Å². The van der Waals surface area contributed by atoms with Gasteiger partial charge in [0.1, 0.15) is 6.04 Å². The molecule has 3 atom stereocenters. The molecule has 0 aromatic carbocycles. The van der Waals surface area contributed by atoms with Gasteiger partial charge in [-0.1, -0.05) is 24.1 Å². The lowest BCUT2D eigenvalue weighted by Gasteiger charge is -2.31. The van der Waals surface area contributed by atoms with Gasteiger partial charge in [-0.25, -0.2) is 0 Å². The van der Waals surface area contributed by atoms with E-state index in [1.54, 1.807) is 11.3 Å². The van der Waals surface area contributed by atoms with Crippen molar-refractivity contribution in [3.8, 4) is 10.7 Å². The number of carboxylic acids is 1. The highest BCUT2D eigenvalue weighted by Crippen LogP contribution is 2.40. The molecule has 2 aromatic rings. The predicted octanol–water partition coefficient (Wildman–Crippen LogP) is 3.02. The molecule has 1 saturated heterocycles. The van der Waals surface area contributed by atoms with Crippen molar-refractivity contribution in [3.63, 3.8) is 0 Å². The molecule has 4 rings (SSSR count). The Balaban J connectivity index is 1.55. The first-order chi connectivity index (χ1) is 11.2. The van der Waals surface area contributed by atoms with Crippen molar-refractivity contribution in [2.75, 3.05) is 0 Å². The van der Waals surface area contributed by atoms with E-state index in [-0.39, 0.29) is 0 Å². The molecule has 1 N–H and O–H groups in total. The van der Waals surface area contributed by atoms with Crippen molar-refractivity contribution in [2.45, 2.75) is 50.7 Å². The van der Waals surface area contributed by atoms with Crippen LogP contribution in [0.5, 0.6) is 0 Å². The number of thiophene rings is 1. The topological polar surface area (TPSA) is 79.5 Å². The molecule has 1 aliphatic carbocycles. The van der Waals surface area contributed by atoms with Gasteiger partial charge in [0.05, 0.1) is 11.4 Å². The molecule has 3 heterocycles. The maximum atomic E-state index is 11.6. The van der Waals surface area contributed by atoms with Crippen LogP contribution in [0.25, 0.3) is 10.7 Å². The first kappa shape index (κ1) is 14.8. The number of hydrogen-bond acceptors (Lipinski definition) is 6. The average molecular weight is 333 g/mol. The summed E-state index contributed by atoms with van der Waals surface area (Å²) >= 11 is 1.56. The first-order valence-corrected chi connectivity index (χ1v) is 8.95. The van der Waals surface area contributed by atoms with E-state index in [1.807, 2.05) is 17.5 Å². The molecule has 122 valence electrons. The van der Waals surface area contributed by atoms with Gasteiger partial charge in [-0.15, -0.1) is 11.3 Å². The third-order valence-electron chi connectivity index (χ3n) is 5.03. The third-order valence-corrected chi connectivity index (χ3v) is 5.90. The summed E-state index contributed by atoms with van der Waals surface area (Å²) in [6.45, 7) is 0.427. The van der Waals surface area contributed by atoms with Crippen LogP contribution in [0.2, 0.25) is 0 Å². The molecule has 7 heteroatoms. The lowest BCUT2D eigenvalue weighted by Crippen LogP contribution is -2.41. The summed E-state index contributed by atoms with van der Waals surface area (Å²) in [6, 6.07) is 3.80. The molecule has 0 bridgehead atoms. The van der Waals surface area contributed by atoms with Gasteiger partial charge in [0.2, 0.25) is 11.7 Å². The number of nitrogens with zero attached hydrogens (tertiary/aromatic N) is 3. The van der Waals surface area contributed by atoms with E-state index in [9.17, 15) is 9.90 Å². The number of carbonyl (C=O) groups is 1. The van der Waals surface area contributed by atoms with E-state index in [4.69, 9.17) is 4.52 Å². The number of aromatic nitrogens is 2. The molecule has 2 aliphatic rings. The lowest BCUT2D eigenvalue weighted by atomic mass is 9.85. The molecule has 0 unspecified atom stereocenters. The first-order valence-electron chi connectivity index (χ1n) is 8.07. The summed E-state index contributed by atoms with van der Waals surface area (Å²) in [7, 11) is 0. The molecule has 0 amide bonds. The third kappa shape index (κ3) is 2.79. The average Bonchev–Trinajstić information content (AvgIpc) is 3.26. The van der Waals surface area contributed by atoms with Crippen LogP contribution in [0.15, 0.2) is 22.0 Å². The van der Waals surface area contributed by atoms with E-state index in [0.717, 1.165) is 24.1 Å². The molecule has 2 aromatic heterocycles. The van der Waals surface area contributed by atoms with Crippen LogP contribution in [0.4, 0.5) is 0 Å². The Morgan fingerprint density at radius 3 is 3.09 bits per heavy atom. The Bertz CT molecular complexity index is 685. The van der Waals surface area contributed by atoms with E-state index < -0.39 is 12.0 Å². The van der Waals surface area contributed by atoms with E-state index >= 15 is 0 Å². The normalized spacial score (nSPS) is 27.9. The van der Waals surface area contributed by atoms with Crippen molar-refractivity contribution >= 4 is 17.3 Å². The number of aliphatic carboxylic acids is 1. The number of likely N-dealkylation sites (tertiary alicyclic amines) is 1. The summed E-state index contributed by atoms with van der Waals surface area (Å²) in [5.74, 6) is 0.842. The Morgan fingerprint density at radius 2 is 2.30 bits per heavy atom. The van der Waals surface area contributed by atoms with E-state index in [1.165, 1.54) is 12.8 Å². The van der Waals surface area contributed by atoms with Gasteiger partial charge in [0.25, 0.3) is 0 Å². The van der Waals surface area contributed by atoms with Crippen LogP contribution in [-0.2, 0) is 11.3 Å². The maximum absolute atomic E-state index is 11.6. The van der Waals surface area contributed by atoms with Crippen LogP contribution in [-0.4, -0.2) is 38.2 Å². The molecule has 0 radical (unpaired) electrons.